The Morgan fingerprint density at radius 2 is 1.12 bits per heavy atom. The van der Waals surface area contributed by atoms with Crippen molar-refractivity contribution in [1.29, 1.82) is 0 Å². The molecule has 2 aliphatic rings. The molecule has 1 spiro atoms. The van der Waals surface area contributed by atoms with Crippen molar-refractivity contribution in [3.8, 4) is 39.6 Å². The number of fused-ring (bicyclic) bond motifs is 6. The Kier molecular flexibility index (Phi) is 10.3. The lowest BCUT2D eigenvalue weighted by Gasteiger charge is -2.46. The van der Waals surface area contributed by atoms with Gasteiger partial charge in [-0.3, -0.25) is 4.57 Å². The molecular weight excluding hydrogens is 905 g/mol. The lowest BCUT2D eigenvalue weighted by Crippen LogP contribution is -2.63. The molecule has 1 aliphatic heterocycles. The Balaban J connectivity index is 0.949. The lowest BCUT2D eigenvalue weighted by atomic mass is 9.66. The third-order valence-corrected chi connectivity index (χ3v) is 19.2. The maximum Gasteiger partial charge on any atom is 0.137 e. The van der Waals surface area contributed by atoms with Crippen molar-refractivity contribution in [2.75, 3.05) is 17.3 Å². The van der Waals surface area contributed by atoms with Crippen LogP contribution in [0.3, 0.4) is 0 Å². The van der Waals surface area contributed by atoms with Crippen LogP contribution in [-0.4, -0.2) is 24.7 Å². The fourth-order valence-electron chi connectivity index (χ4n) is 12.3. The summed E-state index contributed by atoms with van der Waals surface area (Å²) in [6.07, 6.45) is 1.96. The Bertz CT molecular complexity index is 3850. The second-order valence-electron chi connectivity index (χ2n) is 21.3. The van der Waals surface area contributed by atoms with E-state index in [1.165, 1.54) is 49.0 Å². The summed E-state index contributed by atoms with van der Waals surface area (Å²) in [6.45, 7) is 11.8. The van der Waals surface area contributed by atoms with Crippen molar-refractivity contribution < 1.29 is 4.74 Å². The molecule has 11 aromatic rings. The summed E-state index contributed by atoms with van der Waals surface area (Å²) in [5.74, 6) is 2.41. The topological polar surface area (TPSA) is 42.3 Å². The molecule has 0 amide bonds. The number of para-hydroxylation sites is 3. The van der Waals surface area contributed by atoms with E-state index in [0.717, 1.165) is 73.4 Å². The normalized spacial score (nSPS) is 13.8. The first-order valence-corrected chi connectivity index (χ1v) is 28.4. The van der Waals surface area contributed by atoms with Crippen molar-refractivity contribution >= 4 is 63.0 Å². The van der Waals surface area contributed by atoms with Crippen LogP contribution in [0.15, 0.2) is 225 Å². The zero-order valence-electron chi connectivity index (χ0n) is 42.1. The van der Waals surface area contributed by atoms with Crippen LogP contribution in [0, 0.1) is 0 Å². The van der Waals surface area contributed by atoms with Gasteiger partial charge < -0.3 is 15.0 Å². The fourth-order valence-corrected chi connectivity index (χ4v) is 15.5. The molecule has 1 aliphatic carbocycles. The molecule has 2 aromatic heterocycles. The number of pyridine rings is 1. The zero-order chi connectivity index (χ0) is 49.6. The van der Waals surface area contributed by atoms with Crippen LogP contribution >= 0.6 is 0 Å². The molecule has 5 nitrogen and oxygen atoms in total. The average Bonchev–Trinajstić information content (AvgIpc) is 3.95. The predicted molar refractivity (Wildman–Crippen MR) is 308 cm³/mol. The van der Waals surface area contributed by atoms with Gasteiger partial charge in [-0.25, -0.2) is 4.98 Å². The van der Waals surface area contributed by atoms with Crippen LogP contribution in [0.5, 0.6) is 11.5 Å². The average molecular weight is 961 g/mol. The molecule has 1 N–H and O–H groups in total. The fraction of sp³-hybridized carbons (Fsp3) is 0.119. The highest BCUT2D eigenvalue weighted by atomic mass is 28.3. The van der Waals surface area contributed by atoms with Crippen LogP contribution in [0.2, 0.25) is 13.1 Å². The highest BCUT2D eigenvalue weighted by molar-refractivity contribution is 7.01. The van der Waals surface area contributed by atoms with Gasteiger partial charge in [0.2, 0.25) is 0 Å². The second-order valence-corrected chi connectivity index (χ2v) is 25.6. The summed E-state index contributed by atoms with van der Waals surface area (Å²) in [5, 5.41) is 9.33. The monoisotopic (exact) mass is 960 g/mol. The molecular formula is C67H56N4OSi. The van der Waals surface area contributed by atoms with E-state index in [1.807, 2.05) is 6.20 Å². The van der Waals surface area contributed by atoms with Crippen molar-refractivity contribution in [1.82, 2.24) is 9.55 Å². The third-order valence-electron chi connectivity index (χ3n) is 15.7. The first-order valence-electron chi connectivity index (χ1n) is 25.4. The molecule has 0 saturated heterocycles. The molecule has 354 valence electrons. The zero-order valence-corrected chi connectivity index (χ0v) is 43.1. The summed E-state index contributed by atoms with van der Waals surface area (Å²) >= 11 is 0. The second kappa shape index (κ2) is 16.8. The summed E-state index contributed by atoms with van der Waals surface area (Å²) < 4.78 is 9.58. The Labute approximate surface area is 429 Å². The molecule has 3 heterocycles. The Hall–Kier alpha value is -8.45. The van der Waals surface area contributed by atoms with Gasteiger partial charge in [-0.2, -0.15) is 0 Å². The number of hydrogen-bond acceptors (Lipinski definition) is 4. The largest absolute Gasteiger partial charge is 0.457 e. The minimum atomic E-state index is -2.10. The van der Waals surface area contributed by atoms with Crippen LogP contribution in [0.4, 0.5) is 22.7 Å². The molecule has 73 heavy (non-hydrogen) atoms. The molecule has 9 aromatic carbocycles. The minimum absolute atomic E-state index is 0.0545. The maximum absolute atomic E-state index is 7.21. The third kappa shape index (κ3) is 6.92. The molecule has 13 rings (SSSR count). The Morgan fingerprint density at radius 1 is 0.534 bits per heavy atom. The van der Waals surface area contributed by atoms with Gasteiger partial charge in [-0.05, 0) is 103 Å². The van der Waals surface area contributed by atoms with Crippen molar-refractivity contribution in [3.05, 3.63) is 252 Å². The van der Waals surface area contributed by atoms with E-state index < -0.39 is 13.5 Å². The SMILES string of the molecule is CN(c1ccccc1Nc1cccc(Oc2cc3c4c5c(cccc5n(-c5cc(C(C)(C)C)ccn5)c4c2)C32c3ccccc3[Si](C)(C)c3ccccc32)c1)c1c(-c2ccccc2)cccc1-c1ccccc1. The summed E-state index contributed by atoms with van der Waals surface area (Å²) in [4.78, 5) is 7.42. The first kappa shape index (κ1) is 44.5. The van der Waals surface area contributed by atoms with Gasteiger partial charge in [0.15, 0.2) is 0 Å². The molecule has 0 fully saturated rings. The quantitative estimate of drug-likeness (QED) is 0.146. The lowest BCUT2D eigenvalue weighted by molar-refractivity contribution is 0.482. The number of rotatable bonds is 9. The number of ether oxygens (including phenoxy) is 1. The van der Waals surface area contributed by atoms with Gasteiger partial charge in [0.25, 0.3) is 0 Å². The van der Waals surface area contributed by atoms with E-state index in [2.05, 4.69) is 274 Å². The van der Waals surface area contributed by atoms with Gasteiger partial charge >= 0.3 is 0 Å². The van der Waals surface area contributed by atoms with Crippen molar-refractivity contribution in [2.24, 2.45) is 0 Å². The first-order chi connectivity index (χ1) is 35.5. The van der Waals surface area contributed by atoms with Gasteiger partial charge in [0.1, 0.15) is 25.4 Å². The number of benzene rings is 9. The van der Waals surface area contributed by atoms with Gasteiger partial charge in [0, 0.05) is 53.0 Å². The Morgan fingerprint density at radius 3 is 1.81 bits per heavy atom. The van der Waals surface area contributed by atoms with Gasteiger partial charge in [-0.1, -0.05) is 192 Å². The number of nitrogens with one attached hydrogen (secondary N) is 1. The van der Waals surface area contributed by atoms with E-state index in [-0.39, 0.29) is 5.41 Å². The molecule has 0 radical (unpaired) electrons. The highest BCUT2D eigenvalue weighted by Gasteiger charge is 2.54. The molecule has 0 saturated carbocycles. The van der Waals surface area contributed by atoms with E-state index >= 15 is 0 Å². The van der Waals surface area contributed by atoms with Crippen LogP contribution in [-0.2, 0) is 10.8 Å². The summed E-state index contributed by atoms with van der Waals surface area (Å²) in [6, 6.07) is 79.3. The van der Waals surface area contributed by atoms with Crippen molar-refractivity contribution in [2.45, 2.75) is 44.7 Å². The minimum Gasteiger partial charge on any atom is -0.457 e. The van der Waals surface area contributed by atoms with E-state index in [1.54, 1.807) is 0 Å². The molecule has 0 bridgehead atoms. The van der Waals surface area contributed by atoms with Crippen LogP contribution in [0.1, 0.15) is 48.6 Å². The molecule has 0 unspecified atom stereocenters. The number of anilines is 4. The molecule has 0 atom stereocenters. The van der Waals surface area contributed by atoms with Gasteiger partial charge in [-0.15, -0.1) is 0 Å². The van der Waals surface area contributed by atoms with Gasteiger partial charge in [0.05, 0.1) is 33.5 Å². The van der Waals surface area contributed by atoms with E-state index in [0.29, 0.717) is 0 Å². The highest BCUT2D eigenvalue weighted by Crippen LogP contribution is 2.59. The van der Waals surface area contributed by atoms with E-state index in [4.69, 9.17) is 9.72 Å². The predicted octanol–water partition coefficient (Wildman–Crippen LogP) is 15.9. The van der Waals surface area contributed by atoms with Crippen molar-refractivity contribution in [3.63, 3.8) is 0 Å². The summed E-state index contributed by atoms with van der Waals surface area (Å²) in [7, 11) is 0.0714. The standard InChI is InChI=1S/C67H56N4OSi/c1-66(2,3)46-38-39-68-62(40-46)71-58-35-21-32-54-63(58)64-55(67(54)52-30-13-17-36-60(52)73(5,6)61-37-18-14-31-53(61)67)42-49(43-59(64)71)72-48-27-19-26-47(41-48)69-56-33-15-16-34-57(56)70(4)65-50(44-22-9-7-10-23-44)28-20-29-51(65)45-24-11-8-12-25-45/h7-43,69H,1-6H3. The number of hydrogen-bond donors (Lipinski definition) is 1. The van der Waals surface area contributed by atoms with Crippen LogP contribution < -0.4 is 25.3 Å². The number of nitrogens with zero attached hydrogens (tertiary/aromatic N) is 3. The van der Waals surface area contributed by atoms with E-state index in [9.17, 15) is 0 Å². The summed E-state index contributed by atoms with van der Waals surface area (Å²) in [5.41, 5.74) is 16.9. The smallest absolute Gasteiger partial charge is 0.137 e. The molecule has 6 heteroatoms. The number of aromatic nitrogens is 2. The van der Waals surface area contributed by atoms with Crippen LogP contribution in [0.25, 0.3) is 49.9 Å². The maximum atomic E-state index is 7.21.